The van der Waals surface area contributed by atoms with Gasteiger partial charge in [0.15, 0.2) is 9.84 Å². The van der Waals surface area contributed by atoms with Crippen LogP contribution in [0.3, 0.4) is 0 Å². The topological polar surface area (TPSA) is 76.4 Å². The van der Waals surface area contributed by atoms with E-state index in [1.54, 1.807) is 18.2 Å². The van der Waals surface area contributed by atoms with Crippen molar-refractivity contribution < 1.29 is 17.6 Å². The minimum absolute atomic E-state index is 0.212. The van der Waals surface area contributed by atoms with Crippen LogP contribution in [0.4, 0.5) is 5.69 Å². The van der Waals surface area contributed by atoms with E-state index < -0.39 is 9.84 Å². The van der Waals surface area contributed by atoms with Gasteiger partial charge in [0.1, 0.15) is 11.3 Å². The van der Waals surface area contributed by atoms with Crippen LogP contribution in [0, 0.1) is 0 Å². The van der Waals surface area contributed by atoms with E-state index in [0.717, 1.165) is 35.0 Å². The van der Waals surface area contributed by atoms with Gasteiger partial charge in [0, 0.05) is 35.4 Å². The Kier molecular flexibility index (Phi) is 4.95. The predicted molar refractivity (Wildman–Crippen MR) is 103 cm³/mol. The number of anilines is 1. The first-order valence-electron chi connectivity index (χ1n) is 8.18. The minimum Gasteiger partial charge on any atom is -0.460 e. The summed E-state index contributed by atoms with van der Waals surface area (Å²) in [6.07, 6.45) is 5.05. The van der Waals surface area contributed by atoms with Crippen molar-refractivity contribution in [3.8, 4) is 0 Å². The number of furan rings is 1. The highest BCUT2D eigenvalue weighted by molar-refractivity contribution is 7.90. The number of rotatable bonds is 5. The molecule has 2 aromatic carbocycles. The first-order valence-corrected chi connectivity index (χ1v) is 10.1. The Hall–Kier alpha value is -2.86. The first-order chi connectivity index (χ1) is 12.4. The van der Waals surface area contributed by atoms with Crippen LogP contribution in [0.15, 0.2) is 63.9 Å². The van der Waals surface area contributed by atoms with E-state index in [1.807, 2.05) is 31.2 Å². The summed E-state index contributed by atoms with van der Waals surface area (Å²) in [7, 11) is -3.25. The minimum atomic E-state index is -3.25. The van der Waals surface area contributed by atoms with Crippen LogP contribution in [0.5, 0.6) is 0 Å². The van der Waals surface area contributed by atoms with Crippen LogP contribution < -0.4 is 5.32 Å². The maximum atomic E-state index is 12.2. The second-order valence-corrected chi connectivity index (χ2v) is 7.92. The molecule has 1 N–H and O–H groups in total. The third kappa shape index (κ3) is 3.86. The van der Waals surface area contributed by atoms with E-state index in [4.69, 9.17) is 4.42 Å². The SMILES string of the molecule is CCc1oc2ccccc2c1/C=C/C(=O)Nc1ccc(S(C)(=O)=O)cc1. The molecule has 5 nitrogen and oxygen atoms in total. The molecule has 0 radical (unpaired) electrons. The Labute approximate surface area is 152 Å². The maximum Gasteiger partial charge on any atom is 0.248 e. The summed E-state index contributed by atoms with van der Waals surface area (Å²) < 4.78 is 28.7. The van der Waals surface area contributed by atoms with Gasteiger partial charge in [0.25, 0.3) is 0 Å². The number of sulfone groups is 1. The van der Waals surface area contributed by atoms with Crippen LogP contribution in [0.25, 0.3) is 17.0 Å². The normalized spacial score (nSPS) is 11.9. The van der Waals surface area contributed by atoms with Gasteiger partial charge >= 0.3 is 0 Å². The highest BCUT2D eigenvalue weighted by Gasteiger charge is 2.10. The Morgan fingerprint density at radius 3 is 2.46 bits per heavy atom. The van der Waals surface area contributed by atoms with E-state index in [-0.39, 0.29) is 10.8 Å². The van der Waals surface area contributed by atoms with E-state index in [2.05, 4.69) is 5.32 Å². The Balaban J connectivity index is 1.78. The molecule has 6 heteroatoms. The molecule has 3 rings (SSSR count). The number of aryl methyl sites for hydroxylation is 1. The molecular formula is C20H19NO4S. The number of amides is 1. The molecule has 0 aliphatic heterocycles. The fraction of sp³-hybridized carbons (Fsp3) is 0.150. The van der Waals surface area contributed by atoms with E-state index in [1.165, 1.54) is 18.2 Å². The molecule has 134 valence electrons. The summed E-state index contributed by atoms with van der Waals surface area (Å²) in [6.45, 7) is 2.00. The van der Waals surface area contributed by atoms with Crippen molar-refractivity contribution in [2.24, 2.45) is 0 Å². The van der Waals surface area contributed by atoms with Crippen molar-refractivity contribution in [2.75, 3.05) is 11.6 Å². The predicted octanol–water partition coefficient (Wildman–Crippen LogP) is 4.05. The second-order valence-electron chi connectivity index (χ2n) is 5.91. The number of nitrogens with one attached hydrogen (secondary N) is 1. The van der Waals surface area contributed by atoms with Gasteiger partial charge in [-0.05, 0) is 36.4 Å². The van der Waals surface area contributed by atoms with Crippen molar-refractivity contribution >= 4 is 38.5 Å². The third-order valence-corrected chi connectivity index (χ3v) is 5.11. The Morgan fingerprint density at radius 1 is 1.12 bits per heavy atom. The van der Waals surface area contributed by atoms with Crippen molar-refractivity contribution in [1.29, 1.82) is 0 Å². The molecule has 0 saturated heterocycles. The highest BCUT2D eigenvalue weighted by atomic mass is 32.2. The highest BCUT2D eigenvalue weighted by Crippen LogP contribution is 2.27. The maximum absolute atomic E-state index is 12.2. The lowest BCUT2D eigenvalue weighted by atomic mass is 10.1. The molecule has 0 saturated carbocycles. The summed E-state index contributed by atoms with van der Waals surface area (Å²) >= 11 is 0. The molecule has 0 spiro atoms. The van der Waals surface area contributed by atoms with Crippen LogP contribution in [0.2, 0.25) is 0 Å². The molecule has 0 atom stereocenters. The molecule has 1 heterocycles. The monoisotopic (exact) mass is 369 g/mol. The molecule has 1 aromatic heterocycles. The molecule has 3 aromatic rings. The standard InChI is InChI=1S/C20H19NO4S/c1-3-18-17(16-6-4-5-7-19(16)25-18)12-13-20(22)21-14-8-10-15(11-9-14)26(2,23)24/h4-13H,3H2,1-2H3,(H,21,22)/b13-12+. The van der Waals surface area contributed by atoms with Gasteiger partial charge in [0.2, 0.25) is 5.91 Å². The van der Waals surface area contributed by atoms with Gasteiger partial charge < -0.3 is 9.73 Å². The fourth-order valence-electron chi connectivity index (χ4n) is 2.69. The summed E-state index contributed by atoms with van der Waals surface area (Å²) in [5, 5.41) is 3.68. The fourth-order valence-corrected chi connectivity index (χ4v) is 3.32. The average Bonchev–Trinajstić information content (AvgIpc) is 2.97. The van der Waals surface area contributed by atoms with Gasteiger partial charge in [-0.2, -0.15) is 0 Å². The van der Waals surface area contributed by atoms with Crippen LogP contribution in [0.1, 0.15) is 18.2 Å². The first kappa shape index (κ1) is 17.9. The number of para-hydroxylation sites is 1. The third-order valence-electron chi connectivity index (χ3n) is 3.98. The van der Waals surface area contributed by atoms with Crippen molar-refractivity contribution in [1.82, 2.24) is 0 Å². The zero-order chi connectivity index (χ0) is 18.7. The molecule has 0 aliphatic rings. The number of fused-ring (bicyclic) bond motifs is 1. The van der Waals surface area contributed by atoms with Crippen LogP contribution in [-0.4, -0.2) is 20.6 Å². The lowest BCUT2D eigenvalue weighted by Gasteiger charge is -2.03. The van der Waals surface area contributed by atoms with Crippen molar-refractivity contribution in [2.45, 2.75) is 18.2 Å². The van der Waals surface area contributed by atoms with E-state index in [9.17, 15) is 13.2 Å². The molecule has 0 aliphatic carbocycles. The Morgan fingerprint density at radius 2 is 1.81 bits per heavy atom. The molecule has 1 amide bonds. The Bertz CT molecular complexity index is 1080. The smallest absolute Gasteiger partial charge is 0.248 e. The molecule has 0 bridgehead atoms. The average molecular weight is 369 g/mol. The lowest BCUT2D eigenvalue weighted by molar-refractivity contribution is -0.111. The van der Waals surface area contributed by atoms with E-state index in [0.29, 0.717) is 5.69 Å². The van der Waals surface area contributed by atoms with Gasteiger partial charge in [-0.15, -0.1) is 0 Å². The quantitative estimate of drug-likeness (QED) is 0.688. The van der Waals surface area contributed by atoms with Gasteiger partial charge in [-0.25, -0.2) is 8.42 Å². The summed E-state index contributed by atoms with van der Waals surface area (Å²) in [4.78, 5) is 12.4. The summed E-state index contributed by atoms with van der Waals surface area (Å²) in [5.74, 6) is 0.525. The largest absolute Gasteiger partial charge is 0.460 e. The second kappa shape index (κ2) is 7.17. The van der Waals surface area contributed by atoms with Crippen molar-refractivity contribution in [3.05, 3.63) is 65.9 Å². The van der Waals surface area contributed by atoms with Crippen molar-refractivity contribution in [3.63, 3.8) is 0 Å². The molecular weight excluding hydrogens is 350 g/mol. The zero-order valence-corrected chi connectivity index (χ0v) is 15.3. The van der Waals surface area contributed by atoms with Gasteiger partial charge in [-0.3, -0.25) is 4.79 Å². The number of hydrogen-bond acceptors (Lipinski definition) is 4. The lowest BCUT2D eigenvalue weighted by Crippen LogP contribution is -2.08. The number of hydrogen-bond donors (Lipinski definition) is 1. The summed E-state index contributed by atoms with van der Waals surface area (Å²) in [6, 6.07) is 13.7. The van der Waals surface area contributed by atoms with Crippen LogP contribution in [-0.2, 0) is 21.1 Å². The molecule has 26 heavy (non-hydrogen) atoms. The van der Waals surface area contributed by atoms with Gasteiger partial charge in [0.05, 0.1) is 4.90 Å². The zero-order valence-electron chi connectivity index (χ0n) is 14.5. The molecule has 0 unspecified atom stereocenters. The summed E-state index contributed by atoms with van der Waals surface area (Å²) in [5.41, 5.74) is 2.21. The number of carbonyl (C=O) groups is 1. The number of carbonyl (C=O) groups excluding carboxylic acids is 1. The van der Waals surface area contributed by atoms with E-state index >= 15 is 0 Å². The molecule has 0 fully saturated rings. The number of benzene rings is 2. The van der Waals surface area contributed by atoms with Gasteiger partial charge in [-0.1, -0.05) is 25.1 Å². The van der Waals surface area contributed by atoms with Crippen LogP contribution >= 0.6 is 0 Å².